The molecule has 0 heterocycles. The van der Waals surface area contributed by atoms with Crippen molar-refractivity contribution in [1.29, 1.82) is 0 Å². The summed E-state index contributed by atoms with van der Waals surface area (Å²) in [5.74, 6) is -3.79. The highest BCUT2D eigenvalue weighted by Gasteiger charge is 2.43. The van der Waals surface area contributed by atoms with Gasteiger partial charge in [0.25, 0.3) is 0 Å². The monoisotopic (exact) mass is 404 g/mol. The van der Waals surface area contributed by atoms with E-state index in [0.717, 1.165) is 18.4 Å². The van der Waals surface area contributed by atoms with Gasteiger partial charge in [0.05, 0.1) is 11.8 Å². The van der Waals surface area contributed by atoms with Gasteiger partial charge in [-0.1, -0.05) is 57.0 Å². The molecule has 0 aliphatic heterocycles. The second-order valence-electron chi connectivity index (χ2n) is 8.43. The van der Waals surface area contributed by atoms with Gasteiger partial charge in [-0.3, -0.25) is 14.4 Å². The van der Waals surface area contributed by atoms with Crippen molar-refractivity contribution in [2.24, 2.45) is 23.2 Å². The highest BCUT2D eigenvalue weighted by atomic mass is 16.5. The quantitative estimate of drug-likeness (QED) is 0.568. The average molecular weight is 405 g/mol. The molecule has 2 rings (SSSR count). The summed E-state index contributed by atoms with van der Waals surface area (Å²) in [6, 6.07) is 9.32. The second kappa shape index (κ2) is 10.4. The van der Waals surface area contributed by atoms with Crippen LogP contribution in [0.5, 0.6) is 0 Å². The third-order valence-electron chi connectivity index (χ3n) is 6.07. The number of carbonyl (C=O) groups is 3. The molecule has 0 spiro atoms. The van der Waals surface area contributed by atoms with Crippen molar-refractivity contribution >= 4 is 17.9 Å². The van der Waals surface area contributed by atoms with Gasteiger partial charge in [0.1, 0.15) is 12.0 Å². The molecule has 0 amide bonds. The molecular weight excluding hydrogens is 372 g/mol. The Morgan fingerprint density at radius 2 is 1.79 bits per heavy atom. The fourth-order valence-electron chi connectivity index (χ4n) is 4.21. The van der Waals surface area contributed by atoms with Gasteiger partial charge in [-0.25, -0.2) is 0 Å². The summed E-state index contributed by atoms with van der Waals surface area (Å²) in [6.07, 6.45) is 3.87. The number of esters is 1. The lowest BCUT2D eigenvalue weighted by atomic mass is 9.74. The molecule has 160 valence electrons. The van der Waals surface area contributed by atoms with Crippen LogP contribution in [0.3, 0.4) is 0 Å². The Morgan fingerprint density at radius 1 is 1.10 bits per heavy atom. The van der Waals surface area contributed by atoms with E-state index in [4.69, 9.17) is 4.74 Å². The number of hydrogen-bond donors (Lipinski definition) is 2. The Balaban J connectivity index is 2.16. The molecule has 2 N–H and O–H groups in total. The van der Waals surface area contributed by atoms with Gasteiger partial charge in [0.2, 0.25) is 0 Å². The van der Waals surface area contributed by atoms with Crippen LogP contribution in [-0.4, -0.2) is 34.7 Å². The molecular formula is C23H32O6. The van der Waals surface area contributed by atoms with Gasteiger partial charge in [-0.2, -0.15) is 0 Å². The van der Waals surface area contributed by atoms with Crippen LogP contribution in [0.25, 0.3) is 0 Å². The molecule has 0 aromatic heterocycles. The molecule has 1 fully saturated rings. The van der Waals surface area contributed by atoms with Crippen molar-refractivity contribution in [1.82, 2.24) is 0 Å². The summed E-state index contributed by atoms with van der Waals surface area (Å²) in [5.41, 5.74) is -0.342. The Hall–Kier alpha value is -2.37. The van der Waals surface area contributed by atoms with Crippen LogP contribution in [0.2, 0.25) is 0 Å². The maximum atomic E-state index is 12.7. The minimum absolute atomic E-state index is 0.242. The van der Waals surface area contributed by atoms with Crippen LogP contribution in [0.15, 0.2) is 30.3 Å². The molecule has 6 heteroatoms. The summed E-state index contributed by atoms with van der Waals surface area (Å²) in [4.78, 5) is 36.6. The fourth-order valence-corrected chi connectivity index (χ4v) is 4.21. The fraction of sp³-hybridized carbons (Fsp3) is 0.609. The van der Waals surface area contributed by atoms with Gasteiger partial charge in [-0.05, 0) is 43.6 Å². The Kier molecular flexibility index (Phi) is 8.23. The maximum Gasteiger partial charge on any atom is 0.313 e. The molecule has 1 aromatic carbocycles. The number of carboxylic acids is 2. The van der Waals surface area contributed by atoms with E-state index in [9.17, 15) is 24.6 Å². The van der Waals surface area contributed by atoms with E-state index in [1.165, 1.54) is 0 Å². The molecule has 4 unspecified atom stereocenters. The zero-order valence-electron chi connectivity index (χ0n) is 17.3. The Labute approximate surface area is 172 Å². The molecule has 1 aliphatic carbocycles. The van der Waals surface area contributed by atoms with Gasteiger partial charge in [0.15, 0.2) is 0 Å². The molecule has 4 atom stereocenters. The first kappa shape index (κ1) is 22.9. The molecule has 1 aromatic rings. The lowest BCUT2D eigenvalue weighted by Gasteiger charge is -2.33. The number of unbranched alkanes of at least 4 members (excludes halogenated alkanes) is 1. The molecule has 29 heavy (non-hydrogen) atoms. The third kappa shape index (κ3) is 6.05. The van der Waals surface area contributed by atoms with E-state index in [-0.39, 0.29) is 18.9 Å². The SMILES string of the molecule is CCCCC(COC(=O)C1CCC(C)CC1C(=O)O)(Cc1ccccc1)C(=O)O. The highest BCUT2D eigenvalue weighted by molar-refractivity contribution is 5.82. The zero-order valence-corrected chi connectivity index (χ0v) is 17.3. The number of carboxylic acid groups (broad SMARTS) is 2. The van der Waals surface area contributed by atoms with Gasteiger partial charge in [-0.15, -0.1) is 0 Å². The molecule has 0 bridgehead atoms. The predicted octanol–water partition coefficient (Wildman–Crippen LogP) is 4.17. The Morgan fingerprint density at radius 3 is 2.38 bits per heavy atom. The predicted molar refractivity (Wildman–Crippen MR) is 108 cm³/mol. The van der Waals surface area contributed by atoms with E-state index in [1.807, 2.05) is 44.2 Å². The minimum atomic E-state index is -1.21. The lowest BCUT2D eigenvalue weighted by Crippen LogP contribution is -2.42. The number of ether oxygens (including phenoxy) is 1. The standard InChI is InChI=1S/C23H32O6/c1-3-4-12-23(22(27)28,14-17-8-6-5-7-9-17)15-29-21(26)18-11-10-16(2)13-19(18)20(24)25/h5-9,16,18-19H,3-4,10-15H2,1-2H3,(H,24,25)(H,27,28). The maximum absolute atomic E-state index is 12.7. The van der Waals surface area contributed by atoms with E-state index >= 15 is 0 Å². The van der Waals surface area contributed by atoms with E-state index in [2.05, 4.69) is 0 Å². The summed E-state index contributed by atoms with van der Waals surface area (Å²) in [5, 5.41) is 19.5. The number of hydrogen-bond acceptors (Lipinski definition) is 4. The van der Waals surface area contributed by atoms with Crippen molar-refractivity contribution < 1.29 is 29.3 Å². The largest absolute Gasteiger partial charge is 0.481 e. The molecule has 0 saturated heterocycles. The normalized spacial score (nSPS) is 23.7. The second-order valence-corrected chi connectivity index (χ2v) is 8.43. The summed E-state index contributed by atoms with van der Waals surface area (Å²) >= 11 is 0. The first-order chi connectivity index (χ1) is 13.8. The molecule has 6 nitrogen and oxygen atoms in total. The first-order valence-electron chi connectivity index (χ1n) is 10.5. The van der Waals surface area contributed by atoms with Crippen molar-refractivity contribution in [2.45, 2.75) is 58.8 Å². The molecule has 1 saturated carbocycles. The van der Waals surface area contributed by atoms with Crippen LogP contribution < -0.4 is 0 Å². The number of carbonyl (C=O) groups excluding carboxylic acids is 1. The van der Waals surface area contributed by atoms with Crippen molar-refractivity contribution in [3.8, 4) is 0 Å². The van der Waals surface area contributed by atoms with E-state index < -0.39 is 35.2 Å². The smallest absolute Gasteiger partial charge is 0.313 e. The van der Waals surface area contributed by atoms with Crippen LogP contribution >= 0.6 is 0 Å². The van der Waals surface area contributed by atoms with Crippen LogP contribution in [-0.2, 0) is 25.5 Å². The van der Waals surface area contributed by atoms with Crippen LogP contribution in [0, 0.1) is 23.2 Å². The molecule has 1 aliphatic rings. The number of rotatable bonds is 10. The number of aliphatic carboxylic acids is 2. The van der Waals surface area contributed by atoms with Crippen molar-refractivity contribution in [3.63, 3.8) is 0 Å². The van der Waals surface area contributed by atoms with Crippen molar-refractivity contribution in [3.05, 3.63) is 35.9 Å². The van der Waals surface area contributed by atoms with Gasteiger partial charge in [0, 0.05) is 0 Å². The van der Waals surface area contributed by atoms with Gasteiger partial charge < -0.3 is 14.9 Å². The van der Waals surface area contributed by atoms with E-state index in [1.54, 1.807) is 0 Å². The average Bonchev–Trinajstić information content (AvgIpc) is 2.70. The van der Waals surface area contributed by atoms with E-state index in [0.29, 0.717) is 25.7 Å². The molecule has 0 radical (unpaired) electrons. The van der Waals surface area contributed by atoms with Crippen molar-refractivity contribution in [2.75, 3.05) is 6.61 Å². The summed E-state index contributed by atoms with van der Waals surface area (Å²) in [6.45, 7) is 3.73. The zero-order chi connectivity index (χ0) is 21.4. The highest BCUT2D eigenvalue weighted by Crippen LogP contribution is 2.36. The lowest BCUT2D eigenvalue weighted by molar-refractivity contribution is -0.168. The summed E-state index contributed by atoms with van der Waals surface area (Å²) < 4.78 is 5.51. The summed E-state index contributed by atoms with van der Waals surface area (Å²) in [7, 11) is 0. The van der Waals surface area contributed by atoms with Crippen LogP contribution in [0.1, 0.15) is 57.9 Å². The Bertz CT molecular complexity index is 701. The number of benzene rings is 1. The topological polar surface area (TPSA) is 101 Å². The first-order valence-corrected chi connectivity index (χ1v) is 10.5. The van der Waals surface area contributed by atoms with Gasteiger partial charge >= 0.3 is 17.9 Å². The van der Waals surface area contributed by atoms with Crippen LogP contribution in [0.4, 0.5) is 0 Å². The minimum Gasteiger partial charge on any atom is -0.481 e. The third-order valence-corrected chi connectivity index (χ3v) is 6.07.